The maximum Gasteiger partial charge on any atom is 0.194 e. The van der Waals surface area contributed by atoms with Crippen LogP contribution in [0.25, 0.3) is 0 Å². The summed E-state index contributed by atoms with van der Waals surface area (Å²) in [4.78, 5) is 12.1. The Balaban J connectivity index is 2.48. The molecule has 0 radical (unpaired) electrons. The predicted molar refractivity (Wildman–Crippen MR) is 69.0 cm³/mol. The first kappa shape index (κ1) is 12.3. The monoisotopic (exact) mass is 312 g/mol. The fourth-order valence-electron chi connectivity index (χ4n) is 1.49. The first-order valence-corrected chi connectivity index (χ1v) is 6.00. The van der Waals surface area contributed by atoms with Gasteiger partial charge in [0, 0.05) is 20.6 Å². The molecule has 17 heavy (non-hydrogen) atoms. The van der Waals surface area contributed by atoms with Crippen molar-refractivity contribution in [3.63, 3.8) is 0 Å². The second-order valence-corrected chi connectivity index (χ2v) is 4.76. The maximum atomic E-state index is 13.2. The van der Waals surface area contributed by atoms with Crippen molar-refractivity contribution in [2.24, 2.45) is 0 Å². The molecule has 0 aromatic heterocycles. The van der Waals surface area contributed by atoms with Gasteiger partial charge in [0.05, 0.1) is 0 Å². The molecular weight excluding hydrogens is 306 g/mol. The lowest BCUT2D eigenvalue weighted by Crippen LogP contribution is -2.02. The van der Waals surface area contributed by atoms with Crippen molar-refractivity contribution < 1.29 is 9.18 Å². The number of benzene rings is 2. The number of carbonyl (C=O) groups is 1. The van der Waals surface area contributed by atoms with Crippen LogP contribution in [0.4, 0.5) is 4.39 Å². The number of halogens is 3. The van der Waals surface area contributed by atoms with Crippen molar-refractivity contribution in [2.45, 2.75) is 0 Å². The van der Waals surface area contributed by atoms with E-state index in [1.54, 1.807) is 24.3 Å². The van der Waals surface area contributed by atoms with E-state index in [2.05, 4.69) is 15.9 Å². The summed E-state index contributed by atoms with van der Waals surface area (Å²) in [6.45, 7) is 0. The van der Waals surface area contributed by atoms with Crippen LogP contribution < -0.4 is 0 Å². The van der Waals surface area contributed by atoms with Crippen LogP contribution in [0.5, 0.6) is 0 Å². The van der Waals surface area contributed by atoms with Gasteiger partial charge in [-0.25, -0.2) is 4.39 Å². The zero-order chi connectivity index (χ0) is 12.4. The molecule has 0 atom stereocenters. The SMILES string of the molecule is O=C(c1cc(F)cc(Cl)c1)c1ccccc1Br. The highest BCUT2D eigenvalue weighted by atomic mass is 79.9. The molecule has 2 rings (SSSR count). The number of carbonyl (C=O) groups excluding carboxylic acids is 1. The first-order valence-electron chi connectivity index (χ1n) is 4.83. The molecule has 0 saturated carbocycles. The molecule has 0 N–H and O–H groups in total. The summed E-state index contributed by atoms with van der Waals surface area (Å²) < 4.78 is 13.8. The van der Waals surface area contributed by atoms with Gasteiger partial charge in [0.2, 0.25) is 0 Å². The topological polar surface area (TPSA) is 17.1 Å². The van der Waals surface area contributed by atoms with Crippen molar-refractivity contribution in [1.82, 2.24) is 0 Å². The van der Waals surface area contributed by atoms with Crippen molar-refractivity contribution in [1.29, 1.82) is 0 Å². The number of hydrogen-bond acceptors (Lipinski definition) is 1. The van der Waals surface area contributed by atoms with Gasteiger partial charge in [-0.1, -0.05) is 39.7 Å². The molecule has 86 valence electrons. The van der Waals surface area contributed by atoms with Gasteiger partial charge in [-0.15, -0.1) is 0 Å². The zero-order valence-corrected chi connectivity index (χ0v) is 10.9. The standard InChI is InChI=1S/C13H7BrClFO/c14-12-4-2-1-3-11(12)13(17)8-5-9(15)7-10(16)6-8/h1-7H. The normalized spacial score (nSPS) is 10.3. The van der Waals surface area contributed by atoms with E-state index < -0.39 is 5.82 Å². The van der Waals surface area contributed by atoms with Gasteiger partial charge in [0.1, 0.15) is 5.82 Å². The summed E-state index contributed by atoms with van der Waals surface area (Å²) >= 11 is 9.00. The van der Waals surface area contributed by atoms with Gasteiger partial charge in [-0.2, -0.15) is 0 Å². The summed E-state index contributed by atoms with van der Waals surface area (Å²) in [6, 6.07) is 10.8. The van der Waals surface area contributed by atoms with Crippen LogP contribution in [-0.2, 0) is 0 Å². The molecule has 0 heterocycles. The Hall–Kier alpha value is -1.19. The molecule has 0 unspecified atom stereocenters. The molecule has 0 aliphatic carbocycles. The third-order valence-electron chi connectivity index (χ3n) is 2.24. The van der Waals surface area contributed by atoms with Crippen LogP contribution in [0.15, 0.2) is 46.9 Å². The van der Waals surface area contributed by atoms with Crippen molar-refractivity contribution in [3.8, 4) is 0 Å². The minimum absolute atomic E-state index is 0.209. The Kier molecular flexibility index (Phi) is 3.60. The molecule has 0 fully saturated rings. The number of hydrogen-bond donors (Lipinski definition) is 0. The Morgan fingerprint density at radius 3 is 2.53 bits per heavy atom. The average molecular weight is 314 g/mol. The molecule has 0 spiro atoms. The van der Waals surface area contributed by atoms with Gasteiger partial charge in [0.25, 0.3) is 0 Å². The predicted octanol–water partition coefficient (Wildman–Crippen LogP) is 4.47. The molecule has 0 aliphatic heterocycles. The molecule has 0 amide bonds. The van der Waals surface area contributed by atoms with Gasteiger partial charge in [0.15, 0.2) is 5.78 Å². The molecular formula is C13H7BrClFO. The fourth-order valence-corrected chi connectivity index (χ4v) is 2.17. The molecule has 2 aromatic rings. The van der Waals surface area contributed by atoms with E-state index in [0.29, 0.717) is 10.0 Å². The minimum atomic E-state index is -0.520. The lowest BCUT2D eigenvalue weighted by Gasteiger charge is -2.04. The van der Waals surface area contributed by atoms with Crippen LogP contribution in [-0.4, -0.2) is 5.78 Å². The quantitative estimate of drug-likeness (QED) is 0.748. The van der Waals surface area contributed by atoms with Crippen molar-refractivity contribution >= 4 is 33.3 Å². The maximum absolute atomic E-state index is 13.2. The molecule has 1 nitrogen and oxygen atoms in total. The van der Waals surface area contributed by atoms with Crippen LogP contribution in [0.1, 0.15) is 15.9 Å². The summed E-state index contributed by atoms with van der Waals surface area (Å²) in [5, 5.41) is 0.209. The van der Waals surface area contributed by atoms with Crippen LogP contribution in [0.2, 0.25) is 5.02 Å². The van der Waals surface area contributed by atoms with E-state index in [1.807, 2.05) is 0 Å². The highest BCUT2D eigenvalue weighted by Gasteiger charge is 2.13. The fraction of sp³-hybridized carbons (Fsp3) is 0. The van der Waals surface area contributed by atoms with Crippen LogP contribution >= 0.6 is 27.5 Å². The Morgan fingerprint density at radius 2 is 1.88 bits per heavy atom. The van der Waals surface area contributed by atoms with E-state index in [1.165, 1.54) is 18.2 Å². The van der Waals surface area contributed by atoms with Crippen LogP contribution in [0.3, 0.4) is 0 Å². The third kappa shape index (κ3) is 2.73. The summed E-state index contributed by atoms with van der Waals surface area (Å²) in [7, 11) is 0. The largest absolute Gasteiger partial charge is 0.289 e. The average Bonchev–Trinajstić information content (AvgIpc) is 2.27. The molecule has 2 aromatic carbocycles. The van der Waals surface area contributed by atoms with Crippen LogP contribution in [0, 0.1) is 5.82 Å². The second kappa shape index (κ2) is 4.98. The minimum Gasteiger partial charge on any atom is -0.289 e. The zero-order valence-electron chi connectivity index (χ0n) is 8.58. The Labute approximate surface area is 111 Å². The highest BCUT2D eigenvalue weighted by molar-refractivity contribution is 9.10. The Morgan fingerprint density at radius 1 is 1.18 bits per heavy atom. The van der Waals surface area contributed by atoms with E-state index in [-0.39, 0.29) is 16.4 Å². The molecule has 4 heteroatoms. The van der Waals surface area contributed by atoms with E-state index in [4.69, 9.17) is 11.6 Å². The first-order chi connectivity index (χ1) is 8.08. The smallest absolute Gasteiger partial charge is 0.194 e. The summed E-state index contributed by atoms with van der Waals surface area (Å²) in [5.74, 6) is -0.785. The Bertz CT molecular complexity index is 563. The second-order valence-electron chi connectivity index (χ2n) is 3.47. The lowest BCUT2D eigenvalue weighted by atomic mass is 10.0. The number of rotatable bonds is 2. The van der Waals surface area contributed by atoms with Crippen molar-refractivity contribution in [2.75, 3.05) is 0 Å². The molecule has 0 aliphatic rings. The summed E-state index contributed by atoms with van der Waals surface area (Å²) in [5.41, 5.74) is 0.719. The molecule has 0 saturated heterocycles. The highest BCUT2D eigenvalue weighted by Crippen LogP contribution is 2.22. The molecule has 0 bridgehead atoms. The van der Waals surface area contributed by atoms with Gasteiger partial charge >= 0.3 is 0 Å². The summed E-state index contributed by atoms with van der Waals surface area (Å²) in [6.07, 6.45) is 0. The number of ketones is 1. The van der Waals surface area contributed by atoms with E-state index in [0.717, 1.165) is 0 Å². The van der Waals surface area contributed by atoms with Crippen molar-refractivity contribution in [3.05, 3.63) is 68.9 Å². The third-order valence-corrected chi connectivity index (χ3v) is 3.15. The van der Waals surface area contributed by atoms with Gasteiger partial charge in [-0.05, 0) is 30.3 Å². The van der Waals surface area contributed by atoms with Gasteiger partial charge < -0.3 is 0 Å². The van der Waals surface area contributed by atoms with E-state index >= 15 is 0 Å². The van der Waals surface area contributed by atoms with E-state index in [9.17, 15) is 9.18 Å². The van der Waals surface area contributed by atoms with Gasteiger partial charge in [-0.3, -0.25) is 4.79 Å². The lowest BCUT2D eigenvalue weighted by molar-refractivity contribution is 0.103.